The molecule has 3 aromatic heterocycles. The Kier molecular flexibility index (Phi) is 7.09. The van der Waals surface area contributed by atoms with Crippen LogP contribution in [0.1, 0.15) is 79.9 Å². The van der Waals surface area contributed by atoms with Crippen molar-refractivity contribution in [1.82, 2.24) is 19.9 Å². The van der Waals surface area contributed by atoms with E-state index in [1.807, 2.05) is 6.07 Å². The molecule has 3 N–H and O–H groups in total. The molecule has 2 saturated carbocycles. The van der Waals surface area contributed by atoms with Crippen molar-refractivity contribution in [1.29, 1.82) is 0 Å². The van der Waals surface area contributed by atoms with Crippen LogP contribution in [0.15, 0.2) is 12.3 Å². The molecular weight excluding hydrogens is 556 g/mol. The fourth-order valence-electron chi connectivity index (χ4n) is 5.65. The van der Waals surface area contributed by atoms with E-state index >= 15 is 0 Å². The van der Waals surface area contributed by atoms with Crippen molar-refractivity contribution in [2.75, 3.05) is 17.2 Å². The maximum Gasteiger partial charge on any atom is 0.225 e. The third-order valence-electron chi connectivity index (χ3n) is 8.15. The van der Waals surface area contributed by atoms with E-state index in [1.165, 1.54) is 18.3 Å². The van der Waals surface area contributed by atoms with Crippen molar-refractivity contribution in [3.05, 3.63) is 58.0 Å². The van der Waals surface area contributed by atoms with Crippen LogP contribution in [0.25, 0.3) is 20.8 Å². The topological polar surface area (TPSA) is 95.9 Å². The lowest BCUT2D eigenvalue weighted by molar-refractivity contribution is 0.214. The first-order chi connectivity index (χ1) is 19.6. The van der Waals surface area contributed by atoms with E-state index in [2.05, 4.69) is 25.6 Å². The van der Waals surface area contributed by atoms with Crippen molar-refractivity contribution in [2.24, 2.45) is 0 Å². The lowest BCUT2D eigenvalue weighted by Gasteiger charge is -2.30. The monoisotopic (exact) mass is 586 g/mol. The van der Waals surface area contributed by atoms with Gasteiger partial charge >= 0.3 is 0 Å². The molecule has 41 heavy (non-hydrogen) atoms. The summed E-state index contributed by atoms with van der Waals surface area (Å²) >= 11 is 1.49. The zero-order chi connectivity index (χ0) is 29.1. The molecule has 0 radical (unpaired) electrons. The number of hydrogen-bond acceptors (Lipinski definition) is 8. The molecule has 4 aromatic rings. The standard InChI is InChI=1S/C29H30F4N6OS/c1-13-20(30)22(32)18(23(33)21(13)31)14(2)35-28-36-15(3)19(26(38-28)39-29(12-40)9-4-5-10-29)27-37-25-17(41-27)8-11-34-24(25)16-6-7-16/h8,11,14,16,40H,4-7,9-10,12H2,1-3H3,(H2,35,36,38,39)/t14-/m1/s1. The van der Waals surface area contributed by atoms with Crippen molar-refractivity contribution in [3.63, 3.8) is 0 Å². The summed E-state index contributed by atoms with van der Waals surface area (Å²) in [7, 11) is 0. The molecule has 6 rings (SSSR count). The molecule has 0 aliphatic heterocycles. The molecule has 0 amide bonds. The van der Waals surface area contributed by atoms with Gasteiger partial charge in [0.2, 0.25) is 5.95 Å². The predicted octanol–water partition coefficient (Wildman–Crippen LogP) is 7.09. The Morgan fingerprint density at radius 2 is 1.71 bits per heavy atom. The molecule has 216 valence electrons. The van der Waals surface area contributed by atoms with Crippen LogP contribution in [0.5, 0.6) is 0 Å². The van der Waals surface area contributed by atoms with Crippen LogP contribution in [0.2, 0.25) is 0 Å². The average Bonchev–Trinajstić information content (AvgIpc) is 3.53. The molecule has 12 heteroatoms. The summed E-state index contributed by atoms with van der Waals surface area (Å²) in [4.78, 5) is 18.7. The highest BCUT2D eigenvalue weighted by atomic mass is 32.1. The van der Waals surface area contributed by atoms with E-state index in [0.717, 1.165) is 61.4 Å². The Balaban J connectivity index is 1.44. The van der Waals surface area contributed by atoms with Gasteiger partial charge in [-0.1, -0.05) is 12.8 Å². The molecule has 0 unspecified atom stereocenters. The first kappa shape index (κ1) is 27.8. The number of aryl methyl sites for hydroxylation is 1. The molecule has 2 aliphatic carbocycles. The number of rotatable bonds is 8. The minimum atomic E-state index is -1.46. The Hall–Kier alpha value is -3.38. The summed E-state index contributed by atoms with van der Waals surface area (Å²) in [5, 5.41) is 17.3. The van der Waals surface area contributed by atoms with Crippen molar-refractivity contribution < 1.29 is 22.7 Å². The maximum absolute atomic E-state index is 14.7. The van der Waals surface area contributed by atoms with Crippen LogP contribution < -0.4 is 10.6 Å². The SMILES string of the molecule is Cc1nc(N[C@H](C)c2c(F)c(F)c(C)c(F)c2F)nc(NC2(CO)CCCC2)c1-c1nc2c(C3CC3)nccc2s1. The van der Waals surface area contributed by atoms with Crippen molar-refractivity contribution in [2.45, 2.75) is 76.8 Å². The number of benzene rings is 1. The maximum atomic E-state index is 14.7. The van der Waals surface area contributed by atoms with Gasteiger partial charge in [0.15, 0.2) is 23.3 Å². The zero-order valence-electron chi connectivity index (χ0n) is 22.9. The van der Waals surface area contributed by atoms with Crippen LogP contribution >= 0.6 is 11.3 Å². The second kappa shape index (κ2) is 10.5. The smallest absolute Gasteiger partial charge is 0.225 e. The number of anilines is 2. The highest BCUT2D eigenvalue weighted by Gasteiger charge is 2.36. The van der Waals surface area contributed by atoms with Gasteiger partial charge in [0.1, 0.15) is 16.3 Å². The molecule has 3 heterocycles. The first-order valence-corrected chi connectivity index (χ1v) is 14.6. The fourth-order valence-corrected chi connectivity index (χ4v) is 6.72. The summed E-state index contributed by atoms with van der Waals surface area (Å²) < 4.78 is 59.1. The second-order valence-electron chi connectivity index (χ2n) is 11.1. The molecule has 1 atom stereocenters. The molecule has 0 saturated heterocycles. The Labute approximate surface area is 238 Å². The minimum Gasteiger partial charge on any atom is -0.394 e. The van der Waals surface area contributed by atoms with Gasteiger partial charge in [-0.15, -0.1) is 11.3 Å². The predicted molar refractivity (Wildman–Crippen MR) is 150 cm³/mol. The number of aliphatic hydroxyl groups excluding tert-OH is 1. The number of aliphatic hydroxyl groups is 1. The van der Waals surface area contributed by atoms with Gasteiger partial charge in [0, 0.05) is 17.7 Å². The van der Waals surface area contributed by atoms with Gasteiger partial charge in [-0.25, -0.2) is 27.5 Å². The minimum absolute atomic E-state index is 0.00831. The molecular formula is C29H30F4N6OS. The third kappa shape index (κ3) is 4.90. The van der Waals surface area contributed by atoms with Gasteiger partial charge in [0.25, 0.3) is 0 Å². The number of aromatic nitrogens is 4. The molecule has 1 aromatic carbocycles. The van der Waals surface area contributed by atoms with Crippen molar-refractivity contribution in [3.8, 4) is 10.6 Å². The van der Waals surface area contributed by atoms with E-state index in [1.54, 1.807) is 13.1 Å². The fraction of sp³-hybridized carbons (Fsp3) is 0.448. The van der Waals surface area contributed by atoms with Gasteiger partial charge in [-0.2, -0.15) is 4.98 Å². The summed E-state index contributed by atoms with van der Waals surface area (Å²) in [5.74, 6) is -4.99. The largest absolute Gasteiger partial charge is 0.394 e. The number of fused-ring (bicyclic) bond motifs is 1. The number of halogens is 4. The molecule has 2 fully saturated rings. The van der Waals surface area contributed by atoms with Gasteiger partial charge < -0.3 is 15.7 Å². The van der Waals surface area contributed by atoms with Crippen LogP contribution in [0.3, 0.4) is 0 Å². The zero-order valence-corrected chi connectivity index (χ0v) is 23.7. The Bertz CT molecular complexity index is 1620. The second-order valence-corrected chi connectivity index (χ2v) is 12.2. The molecule has 0 spiro atoms. The number of hydrogen-bond donors (Lipinski definition) is 3. The van der Waals surface area contributed by atoms with E-state index in [0.29, 0.717) is 28.0 Å². The van der Waals surface area contributed by atoms with Crippen LogP contribution in [-0.4, -0.2) is 37.2 Å². The quantitative estimate of drug-likeness (QED) is 0.150. The molecule has 7 nitrogen and oxygen atoms in total. The van der Waals surface area contributed by atoms with E-state index in [4.69, 9.17) is 4.98 Å². The van der Waals surface area contributed by atoms with Crippen LogP contribution in [0, 0.1) is 37.1 Å². The number of pyridine rings is 1. The number of nitrogens with zero attached hydrogens (tertiary/aromatic N) is 4. The normalized spacial score (nSPS) is 17.3. The highest BCUT2D eigenvalue weighted by molar-refractivity contribution is 7.21. The summed E-state index contributed by atoms with van der Waals surface area (Å²) in [5.41, 5.74) is 0.913. The third-order valence-corrected chi connectivity index (χ3v) is 9.18. The van der Waals surface area contributed by atoms with E-state index < -0.39 is 46.0 Å². The van der Waals surface area contributed by atoms with Crippen LogP contribution in [-0.2, 0) is 0 Å². The van der Waals surface area contributed by atoms with Gasteiger partial charge in [0.05, 0.1) is 45.4 Å². The molecule has 2 aliphatic rings. The average molecular weight is 587 g/mol. The number of thiazole rings is 1. The Morgan fingerprint density at radius 3 is 2.34 bits per heavy atom. The van der Waals surface area contributed by atoms with Crippen LogP contribution in [0.4, 0.5) is 29.3 Å². The van der Waals surface area contributed by atoms with E-state index in [9.17, 15) is 22.7 Å². The highest BCUT2D eigenvalue weighted by Crippen LogP contribution is 2.45. The number of nitrogens with one attached hydrogen (secondary N) is 2. The summed E-state index contributed by atoms with van der Waals surface area (Å²) in [6, 6.07) is 0.726. The van der Waals surface area contributed by atoms with Crippen molar-refractivity contribution >= 4 is 33.3 Å². The Morgan fingerprint density at radius 1 is 1.02 bits per heavy atom. The first-order valence-electron chi connectivity index (χ1n) is 13.7. The lowest BCUT2D eigenvalue weighted by atomic mass is 9.98. The molecule has 0 bridgehead atoms. The van der Waals surface area contributed by atoms with Gasteiger partial charge in [-0.05, 0) is 52.5 Å². The van der Waals surface area contributed by atoms with E-state index in [-0.39, 0.29) is 12.6 Å². The summed E-state index contributed by atoms with van der Waals surface area (Å²) in [6.45, 7) is 4.02. The van der Waals surface area contributed by atoms with Gasteiger partial charge in [-0.3, -0.25) is 4.98 Å². The lowest BCUT2D eigenvalue weighted by Crippen LogP contribution is -2.39. The summed E-state index contributed by atoms with van der Waals surface area (Å²) in [6.07, 6.45) is 7.32.